The van der Waals surface area contributed by atoms with Crippen LogP contribution in [0.1, 0.15) is 23.6 Å². The molecule has 0 amide bonds. The SMILES string of the molecule is CCc1cncc(/C=C/c2c[nH]nc2-c2nc3ccc(OC)cc3[nH]2)c1. The molecule has 4 aromatic rings. The van der Waals surface area contributed by atoms with Gasteiger partial charge in [-0.15, -0.1) is 0 Å². The molecule has 0 aliphatic rings. The van der Waals surface area contributed by atoms with Gasteiger partial charge in [-0.1, -0.05) is 19.1 Å². The van der Waals surface area contributed by atoms with Crippen molar-refractivity contribution >= 4 is 23.2 Å². The summed E-state index contributed by atoms with van der Waals surface area (Å²) in [4.78, 5) is 12.2. The number of H-pyrrole nitrogens is 2. The predicted molar refractivity (Wildman–Crippen MR) is 103 cm³/mol. The Morgan fingerprint density at radius 1 is 1.15 bits per heavy atom. The van der Waals surface area contributed by atoms with Gasteiger partial charge in [0.1, 0.15) is 11.4 Å². The van der Waals surface area contributed by atoms with Crippen LogP contribution in [-0.2, 0) is 6.42 Å². The zero-order chi connectivity index (χ0) is 17.9. The first kappa shape index (κ1) is 16.1. The molecule has 130 valence electrons. The Morgan fingerprint density at radius 3 is 2.92 bits per heavy atom. The van der Waals surface area contributed by atoms with Gasteiger partial charge in [0.15, 0.2) is 5.82 Å². The van der Waals surface area contributed by atoms with Crippen LogP contribution in [0.25, 0.3) is 34.7 Å². The van der Waals surface area contributed by atoms with E-state index in [0.29, 0.717) is 0 Å². The number of benzene rings is 1. The molecule has 6 nitrogen and oxygen atoms in total. The van der Waals surface area contributed by atoms with Gasteiger partial charge in [0, 0.05) is 30.2 Å². The van der Waals surface area contributed by atoms with E-state index in [9.17, 15) is 0 Å². The number of nitrogens with zero attached hydrogens (tertiary/aromatic N) is 3. The molecule has 3 heterocycles. The summed E-state index contributed by atoms with van der Waals surface area (Å²) < 4.78 is 5.27. The summed E-state index contributed by atoms with van der Waals surface area (Å²) in [6, 6.07) is 7.89. The van der Waals surface area contributed by atoms with Crippen molar-refractivity contribution in [3.8, 4) is 17.3 Å². The van der Waals surface area contributed by atoms with Crippen LogP contribution < -0.4 is 4.74 Å². The van der Waals surface area contributed by atoms with Crippen LogP contribution in [0.5, 0.6) is 5.75 Å². The number of nitrogens with one attached hydrogen (secondary N) is 2. The number of hydrogen-bond donors (Lipinski definition) is 2. The van der Waals surface area contributed by atoms with Crippen LogP contribution >= 0.6 is 0 Å². The van der Waals surface area contributed by atoms with Gasteiger partial charge in [-0.2, -0.15) is 5.10 Å². The molecule has 0 saturated heterocycles. The molecule has 0 aliphatic heterocycles. The quantitative estimate of drug-likeness (QED) is 0.571. The van der Waals surface area contributed by atoms with Crippen molar-refractivity contribution in [1.82, 2.24) is 25.1 Å². The molecule has 6 heteroatoms. The number of aromatic amines is 2. The van der Waals surface area contributed by atoms with Gasteiger partial charge in [-0.25, -0.2) is 4.98 Å². The number of pyridine rings is 1. The summed E-state index contributed by atoms with van der Waals surface area (Å²) in [6.07, 6.45) is 10.6. The smallest absolute Gasteiger partial charge is 0.159 e. The molecule has 0 aliphatic carbocycles. The van der Waals surface area contributed by atoms with Crippen LogP contribution in [0.4, 0.5) is 0 Å². The van der Waals surface area contributed by atoms with Gasteiger partial charge in [0.25, 0.3) is 0 Å². The largest absolute Gasteiger partial charge is 0.497 e. The summed E-state index contributed by atoms with van der Waals surface area (Å²) in [5.41, 5.74) is 5.79. The maximum atomic E-state index is 5.27. The number of hydrogen-bond acceptors (Lipinski definition) is 4. The molecule has 2 N–H and O–H groups in total. The van der Waals surface area contributed by atoms with Crippen molar-refractivity contribution < 1.29 is 4.74 Å². The number of methoxy groups -OCH3 is 1. The third-order valence-electron chi connectivity index (χ3n) is 4.26. The van der Waals surface area contributed by atoms with E-state index in [2.05, 4.69) is 38.1 Å². The molecule has 0 fully saturated rings. The van der Waals surface area contributed by atoms with Crippen LogP contribution in [-0.4, -0.2) is 32.3 Å². The molecule has 3 aromatic heterocycles. The van der Waals surface area contributed by atoms with Gasteiger partial charge >= 0.3 is 0 Å². The summed E-state index contributed by atoms with van der Waals surface area (Å²) in [6.45, 7) is 2.12. The van der Waals surface area contributed by atoms with E-state index in [1.807, 2.05) is 48.9 Å². The lowest BCUT2D eigenvalue weighted by molar-refractivity contribution is 0.415. The highest BCUT2D eigenvalue weighted by atomic mass is 16.5. The highest BCUT2D eigenvalue weighted by Gasteiger charge is 2.12. The Balaban J connectivity index is 1.67. The lowest BCUT2D eigenvalue weighted by Gasteiger charge is -1.98. The first-order valence-corrected chi connectivity index (χ1v) is 8.46. The minimum atomic E-state index is 0.717. The Morgan fingerprint density at radius 2 is 2.08 bits per heavy atom. The van der Waals surface area contributed by atoms with E-state index in [-0.39, 0.29) is 0 Å². The second-order valence-corrected chi connectivity index (χ2v) is 5.97. The Kier molecular flexibility index (Phi) is 4.23. The second-order valence-electron chi connectivity index (χ2n) is 5.97. The third-order valence-corrected chi connectivity index (χ3v) is 4.26. The number of fused-ring (bicyclic) bond motifs is 1. The van der Waals surface area contributed by atoms with E-state index in [1.54, 1.807) is 7.11 Å². The lowest BCUT2D eigenvalue weighted by Crippen LogP contribution is -1.85. The third kappa shape index (κ3) is 3.09. The number of imidazole rings is 1. The van der Waals surface area contributed by atoms with Crippen molar-refractivity contribution in [2.24, 2.45) is 0 Å². The molecular formula is C20H19N5O. The van der Waals surface area contributed by atoms with E-state index in [0.717, 1.165) is 45.8 Å². The fourth-order valence-electron chi connectivity index (χ4n) is 2.82. The Bertz CT molecular complexity index is 1080. The predicted octanol–water partition coefficient (Wildman–Crippen LogP) is 4.09. The number of aromatic nitrogens is 5. The molecule has 26 heavy (non-hydrogen) atoms. The molecule has 0 spiro atoms. The van der Waals surface area contributed by atoms with Crippen molar-refractivity contribution in [1.29, 1.82) is 0 Å². The van der Waals surface area contributed by atoms with Gasteiger partial charge in [0.05, 0.1) is 18.1 Å². The fourth-order valence-corrected chi connectivity index (χ4v) is 2.82. The second kappa shape index (κ2) is 6.84. The van der Waals surface area contributed by atoms with Gasteiger partial charge in [-0.05, 0) is 35.7 Å². The zero-order valence-corrected chi connectivity index (χ0v) is 14.7. The van der Waals surface area contributed by atoms with Crippen LogP contribution in [0.15, 0.2) is 42.9 Å². The molecule has 1 aromatic carbocycles. The van der Waals surface area contributed by atoms with E-state index in [1.165, 1.54) is 5.56 Å². The van der Waals surface area contributed by atoms with Crippen molar-refractivity contribution in [2.75, 3.05) is 7.11 Å². The Hall–Kier alpha value is -3.41. The highest BCUT2D eigenvalue weighted by molar-refractivity contribution is 5.83. The Labute approximate surface area is 151 Å². The minimum Gasteiger partial charge on any atom is -0.497 e. The van der Waals surface area contributed by atoms with Crippen LogP contribution in [0.2, 0.25) is 0 Å². The molecule has 0 bridgehead atoms. The first-order valence-electron chi connectivity index (χ1n) is 8.46. The van der Waals surface area contributed by atoms with Crippen molar-refractivity contribution in [2.45, 2.75) is 13.3 Å². The fraction of sp³-hybridized carbons (Fsp3) is 0.150. The average Bonchev–Trinajstić information content (AvgIpc) is 3.32. The summed E-state index contributed by atoms with van der Waals surface area (Å²) in [7, 11) is 1.65. The topological polar surface area (TPSA) is 79.5 Å². The van der Waals surface area contributed by atoms with Crippen molar-refractivity contribution in [3.63, 3.8) is 0 Å². The summed E-state index contributed by atoms with van der Waals surface area (Å²) in [5, 5.41) is 7.27. The summed E-state index contributed by atoms with van der Waals surface area (Å²) >= 11 is 0. The van der Waals surface area contributed by atoms with E-state index >= 15 is 0 Å². The standard InChI is InChI=1S/C20H19N5O/c1-3-13-8-14(11-21-10-13)4-5-15-12-22-25-19(15)20-23-17-7-6-16(26-2)9-18(17)24-20/h4-12H,3H2,1-2H3,(H,22,25)(H,23,24)/b5-4+. The highest BCUT2D eigenvalue weighted by Crippen LogP contribution is 2.25. The average molecular weight is 345 g/mol. The molecule has 0 saturated carbocycles. The van der Waals surface area contributed by atoms with Crippen LogP contribution in [0.3, 0.4) is 0 Å². The number of ether oxygens (including phenoxy) is 1. The monoisotopic (exact) mass is 345 g/mol. The molecule has 0 atom stereocenters. The molecule has 0 radical (unpaired) electrons. The maximum Gasteiger partial charge on any atom is 0.159 e. The molecule has 4 rings (SSSR count). The maximum absolute atomic E-state index is 5.27. The minimum absolute atomic E-state index is 0.717. The van der Waals surface area contributed by atoms with Gasteiger partial charge < -0.3 is 9.72 Å². The molecule has 0 unspecified atom stereocenters. The normalized spacial score (nSPS) is 11.5. The van der Waals surface area contributed by atoms with E-state index < -0.39 is 0 Å². The lowest BCUT2D eigenvalue weighted by atomic mass is 10.1. The zero-order valence-electron chi connectivity index (χ0n) is 14.7. The molecular weight excluding hydrogens is 326 g/mol. The first-order chi connectivity index (χ1) is 12.8. The van der Waals surface area contributed by atoms with Crippen molar-refractivity contribution in [3.05, 3.63) is 59.5 Å². The summed E-state index contributed by atoms with van der Waals surface area (Å²) in [5.74, 6) is 1.51. The van der Waals surface area contributed by atoms with Gasteiger partial charge in [-0.3, -0.25) is 10.1 Å². The van der Waals surface area contributed by atoms with Gasteiger partial charge in [0.2, 0.25) is 0 Å². The number of rotatable bonds is 5. The number of aryl methyl sites for hydroxylation is 1. The van der Waals surface area contributed by atoms with E-state index in [4.69, 9.17) is 4.74 Å². The van der Waals surface area contributed by atoms with Crippen LogP contribution in [0, 0.1) is 0 Å².